The lowest BCUT2D eigenvalue weighted by atomic mass is 9.93. The second-order valence-electron chi connectivity index (χ2n) is 3.24. The van der Waals surface area contributed by atoms with Crippen LogP contribution in [0.4, 0.5) is 8.78 Å². The molecule has 0 aliphatic heterocycles. The van der Waals surface area contributed by atoms with Gasteiger partial charge < -0.3 is 0 Å². The predicted molar refractivity (Wildman–Crippen MR) is 41.9 cm³/mol. The van der Waals surface area contributed by atoms with E-state index in [9.17, 15) is 17.2 Å². The van der Waals surface area contributed by atoms with Crippen LogP contribution in [0.25, 0.3) is 0 Å². The first-order valence-electron chi connectivity index (χ1n) is 3.91. The zero-order valence-corrected chi connectivity index (χ0v) is 7.65. The molecule has 78 valence electrons. The van der Waals surface area contributed by atoms with Crippen LogP contribution in [0.3, 0.4) is 0 Å². The normalized spacial score (nSPS) is 28.7. The van der Waals surface area contributed by atoms with Crippen molar-refractivity contribution in [1.29, 1.82) is 0 Å². The van der Waals surface area contributed by atoms with Crippen molar-refractivity contribution >= 4 is 10.3 Å². The van der Waals surface area contributed by atoms with Crippen LogP contribution in [0.15, 0.2) is 0 Å². The summed E-state index contributed by atoms with van der Waals surface area (Å²) in [5, 5.41) is 0. The Hall–Kier alpha value is -0.270. The molecule has 1 aliphatic carbocycles. The van der Waals surface area contributed by atoms with Crippen molar-refractivity contribution in [2.24, 2.45) is 0 Å². The lowest BCUT2D eigenvalue weighted by molar-refractivity contribution is -0.0415. The number of hydrogen-bond acceptors (Lipinski definition) is 2. The fourth-order valence-electron chi connectivity index (χ4n) is 1.48. The highest BCUT2D eigenvalue weighted by atomic mass is 32.2. The molecule has 1 atom stereocenters. The van der Waals surface area contributed by atoms with Gasteiger partial charge in [-0.05, 0) is 12.8 Å². The fraction of sp³-hybridized carbons (Fsp3) is 1.00. The Kier molecular flexibility index (Phi) is 2.88. The quantitative estimate of drug-likeness (QED) is 0.674. The maximum Gasteiger partial charge on any atom is 0.333 e. The summed E-state index contributed by atoms with van der Waals surface area (Å²) in [5.74, 6) is -2.82. The summed E-state index contributed by atoms with van der Waals surface area (Å²) < 4.78 is 56.2. The van der Waals surface area contributed by atoms with Crippen LogP contribution in [0.5, 0.6) is 0 Å². The predicted octanol–water partition coefficient (Wildman–Crippen LogP) is 0.957. The standard InChI is InChI=1S/C6H11F2NO3S/c7-6(8)3-1-2-5(4-6)9-13(10,11)12/h5,9H,1-4H2,(H,10,11,12). The molecule has 0 aromatic rings. The molecule has 0 amide bonds. The first-order chi connectivity index (χ1) is 5.79. The second-order valence-corrected chi connectivity index (χ2v) is 4.43. The van der Waals surface area contributed by atoms with Crippen LogP contribution in [-0.4, -0.2) is 24.9 Å². The van der Waals surface area contributed by atoms with E-state index in [1.807, 2.05) is 0 Å². The van der Waals surface area contributed by atoms with Crippen LogP contribution < -0.4 is 4.72 Å². The van der Waals surface area contributed by atoms with E-state index in [2.05, 4.69) is 0 Å². The molecule has 2 N–H and O–H groups in total. The van der Waals surface area contributed by atoms with Crippen molar-refractivity contribution < 1.29 is 21.8 Å². The summed E-state index contributed by atoms with van der Waals surface area (Å²) >= 11 is 0. The molecular weight excluding hydrogens is 204 g/mol. The smallest absolute Gasteiger partial charge is 0.273 e. The largest absolute Gasteiger partial charge is 0.333 e. The minimum Gasteiger partial charge on any atom is -0.273 e. The molecule has 4 nitrogen and oxygen atoms in total. The van der Waals surface area contributed by atoms with Crippen LogP contribution in [0.1, 0.15) is 25.7 Å². The number of rotatable bonds is 2. The molecule has 1 aliphatic rings. The Morgan fingerprint density at radius 1 is 1.46 bits per heavy atom. The first-order valence-corrected chi connectivity index (χ1v) is 5.35. The third-order valence-corrected chi connectivity index (χ3v) is 2.59. The summed E-state index contributed by atoms with van der Waals surface area (Å²) in [6, 6.07) is -0.848. The highest BCUT2D eigenvalue weighted by Gasteiger charge is 2.37. The lowest BCUT2D eigenvalue weighted by Crippen LogP contribution is -2.41. The van der Waals surface area contributed by atoms with E-state index in [-0.39, 0.29) is 12.8 Å². The molecule has 0 radical (unpaired) electrons. The number of alkyl halides is 2. The molecule has 1 saturated carbocycles. The Bertz CT molecular complexity index is 278. The molecule has 1 unspecified atom stereocenters. The van der Waals surface area contributed by atoms with E-state index in [0.717, 1.165) is 0 Å². The van der Waals surface area contributed by atoms with Crippen LogP contribution in [-0.2, 0) is 10.3 Å². The van der Waals surface area contributed by atoms with Gasteiger partial charge in [0.15, 0.2) is 0 Å². The second kappa shape index (κ2) is 3.47. The molecule has 0 spiro atoms. The summed E-state index contributed by atoms with van der Waals surface area (Å²) in [7, 11) is -4.36. The summed E-state index contributed by atoms with van der Waals surface area (Å²) in [6.07, 6.45) is -0.140. The molecular formula is C6H11F2NO3S. The molecule has 13 heavy (non-hydrogen) atoms. The van der Waals surface area contributed by atoms with Crippen molar-refractivity contribution in [1.82, 2.24) is 4.72 Å². The minimum absolute atomic E-state index is 0.212. The monoisotopic (exact) mass is 215 g/mol. The van der Waals surface area contributed by atoms with Gasteiger partial charge in [-0.1, -0.05) is 0 Å². The molecule has 0 heterocycles. The van der Waals surface area contributed by atoms with Crippen molar-refractivity contribution in [2.75, 3.05) is 0 Å². The molecule has 1 fully saturated rings. The lowest BCUT2D eigenvalue weighted by Gasteiger charge is -2.28. The summed E-state index contributed by atoms with van der Waals surface area (Å²) in [4.78, 5) is 0. The molecule has 0 saturated heterocycles. The molecule has 0 aromatic heterocycles. The van der Waals surface area contributed by atoms with Crippen LogP contribution in [0, 0.1) is 0 Å². The van der Waals surface area contributed by atoms with E-state index in [1.165, 1.54) is 0 Å². The van der Waals surface area contributed by atoms with Gasteiger partial charge in [-0.15, -0.1) is 0 Å². The van der Waals surface area contributed by atoms with Gasteiger partial charge in [0.2, 0.25) is 5.92 Å². The van der Waals surface area contributed by atoms with Gasteiger partial charge in [0.25, 0.3) is 0 Å². The van der Waals surface area contributed by atoms with Gasteiger partial charge >= 0.3 is 10.3 Å². The zero-order chi connectivity index (χ0) is 10.1. The number of hydrogen-bond donors (Lipinski definition) is 2. The van der Waals surface area contributed by atoms with Crippen molar-refractivity contribution in [3.05, 3.63) is 0 Å². The molecule has 1 rings (SSSR count). The average molecular weight is 215 g/mol. The van der Waals surface area contributed by atoms with E-state index in [1.54, 1.807) is 4.72 Å². The Morgan fingerprint density at radius 2 is 2.08 bits per heavy atom. The van der Waals surface area contributed by atoms with E-state index >= 15 is 0 Å². The summed E-state index contributed by atoms with van der Waals surface area (Å²) in [5.41, 5.74) is 0. The third-order valence-electron chi connectivity index (χ3n) is 1.96. The van der Waals surface area contributed by atoms with Crippen molar-refractivity contribution in [3.8, 4) is 0 Å². The van der Waals surface area contributed by atoms with Crippen molar-refractivity contribution in [2.45, 2.75) is 37.6 Å². The Balaban J connectivity index is 2.53. The third kappa shape index (κ3) is 3.97. The maximum absolute atomic E-state index is 12.7. The van der Waals surface area contributed by atoms with E-state index in [0.29, 0.717) is 6.42 Å². The van der Waals surface area contributed by atoms with Gasteiger partial charge in [-0.3, -0.25) is 4.55 Å². The fourth-order valence-corrected chi connectivity index (χ4v) is 2.11. The number of halogens is 2. The maximum atomic E-state index is 12.7. The van der Waals surface area contributed by atoms with Gasteiger partial charge in [-0.2, -0.15) is 13.1 Å². The van der Waals surface area contributed by atoms with Crippen LogP contribution in [0.2, 0.25) is 0 Å². The molecule has 0 aromatic carbocycles. The van der Waals surface area contributed by atoms with Gasteiger partial charge in [-0.25, -0.2) is 8.78 Å². The summed E-state index contributed by atoms with van der Waals surface area (Å²) in [6.45, 7) is 0. The highest BCUT2D eigenvalue weighted by Crippen LogP contribution is 2.33. The number of nitrogens with one attached hydrogen (secondary N) is 1. The molecule has 0 bridgehead atoms. The molecule has 7 heteroatoms. The highest BCUT2D eigenvalue weighted by molar-refractivity contribution is 7.83. The van der Waals surface area contributed by atoms with Gasteiger partial charge in [0.05, 0.1) is 0 Å². The van der Waals surface area contributed by atoms with E-state index < -0.39 is 28.7 Å². The van der Waals surface area contributed by atoms with Gasteiger partial charge in [0, 0.05) is 18.9 Å². The first kappa shape index (κ1) is 10.8. The average Bonchev–Trinajstić information content (AvgIpc) is 1.79. The minimum atomic E-state index is -4.36. The van der Waals surface area contributed by atoms with E-state index in [4.69, 9.17) is 4.55 Å². The topological polar surface area (TPSA) is 66.4 Å². The van der Waals surface area contributed by atoms with Crippen LogP contribution >= 0.6 is 0 Å². The Labute approximate surface area is 75.2 Å². The SMILES string of the molecule is O=S(=O)(O)NC1CCCC(F)(F)C1. The van der Waals surface area contributed by atoms with Gasteiger partial charge in [0.1, 0.15) is 0 Å². The zero-order valence-electron chi connectivity index (χ0n) is 6.83. The Morgan fingerprint density at radius 3 is 2.54 bits per heavy atom. The van der Waals surface area contributed by atoms with Crippen molar-refractivity contribution in [3.63, 3.8) is 0 Å².